The number of nitrogens with zero attached hydrogens (tertiary/aromatic N) is 2. The molecule has 0 spiro atoms. The SMILES string of the molecule is O=C(Nc1cccc2ccccc12)c1c2n(c(=O)n(-c3cccc4ccccc34)c1=O)CCN2. The Morgan fingerprint density at radius 2 is 1.44 bits per heavy atom. The first-order chi connectivity index (χ1) is 16.6. The van der Waals surface area contributed by atoms with Gasteiger partial charge in [-0.2, -0.15) is 0 Å². The number of anilines is 2. The molecule has 34 heavy (non-hydrogen) atoms. The third kappa shape index (κ3) is 3.02. The number of nitrogens with one attached hydrogen (secondary N) is 2. The molecule has 1 amide bonds. The van der Waals surface area contributed by atoms with E-state index in [0.717, 1.165) is 26.1 Å². The molecule has 0 bridgehead atoms. The molecule has 6 rings (SSSR count). The van der Waals surface area contributed by atoms with Gasteiger partial charge in [-0.05, 0) is 22.9 Å². The Hall–Kier alpha value is -4.65. The van der Waals surface area contributed by atoms with Crippen molar-refractivity contribution >= 4 is 39.0 Å². The molecule has 2 heterocycles. The summed E-state index contributed by atoms with van der Waals surface area (Å²) in [5.74, 6) is -0.308. The van der Waals surface area contributed by atoms with Crippen LogP contribution in [0.3, 0.4) is 0 Å². The van der Waals surface area contributed by atoms with E-state index in [1.165, 1.54) is 4.57 Å². The van der Waals surface area contributed by atoms with E-state index in [1.807, 2.05) is 66.7 Å². The monoisotopic (exact) mass is 448 g/mol. The molecule has 5 aromatic rings. The van der Waals surface area contributed by atoms with Gasteiger partial charge >= 0.3 is 5.69 Å². The van der Waals surface area contributed by atoms with Crippen LogP contribution in [0.25, 0.3) is 27.2 Å². The molecule has 0 aliphatic carbocycles. The van der Waals surface area contributed by atoms with E-state index in [-0.39, 0.29) is 11.4 Å². The molecule has 7 nitrogen and oxygen atoms in total. The molecule has 0 atom stereocenters. The molecule has 1 aromatic heterocycles. The average molecular weight is 448 g/mol. The topological polar surface area (TPSA) is 85.1 Å². The second-order valence-corrected chi connectivity index (χ2v) is 8.20. The van der Waals surface area contributed by atoms with Crippen LogP contribution >= 0.6 is 0 Å². The quantitative estimate of drug-likeness (QED) is 0.437. The fourth-order valence-corrected chi connectivity index (χ4v) is 4.67. The van der Waals surface area contributed by atoms with E-state index >= 15 is 0 Å². The summed E-state index contributed by atoms with van der Waals surface area (Å²) in [7, 11) is 0. The Kier molecular flexibility index (Phi) is 4.55. The zero-order valence-corrected chi connectivity index (χ0v) is 18.1. The predicted molar refractivity (Wildman–Crippen MR) is 134 cm³/mol. The first-order valence-corrected chi connectivity index (χ1v) is 11.0. The first kappa shape index (κ1) is 20.0. The van der Waals surface area contributed by atoms with E-state index in [4.69, 9.17) is 0 Å². The van der Waals surface area contributed by atoms with Gasteiger partial charge in [0.25, 0.3) is 11.5 Å². The smallest absolute Gasteiger partial charge is 0.337 e. The minimum Gasteiger partial charge on any atom is -0.369 e. The molecule has 4 aromatic carbocycles. The van der Waals surface area contributed by atoms with Gasteiger partial charge in [0.1, 0.15) is 11.4 Å². The van der Waals surface area contributed by atoms with Crippen molar-refractivity contribution in [2.45, 2.75) is 6.54 Å². The Labute approximate surface area is 193 Å². The molecule has 7 heteroatoms. The predicted octanol–water partition coefficient (Wildman–Crippen LogP) is 3.98. The molecule has 0 fully saturated rings. The van der Waals surface area contributed by atoms with Crippen molar-refractivity contribution in [1.82, 2.24) is 9.13 Å². The summed E-state index contributed by atoms with van der Waals surface area (Å²) in [6, 6.07) is 26.3. The highest BCUT2D eigenvalue weighted by molar-refractivity contribution is 6.11. The standard InChI is InChI=1S/C27H20N4O3/c32-25(29-21-13-5-9-17-7-1-3-11-19(17)21)23-24-28-15-16-30(24)27(34)31(26(23)33)22-14-6-10-18-8-2-4-12-20(18)22/h1-14,28H,15-16H2,(H,29,32). The van der Waals surface area contributed by atoms with Gasteiger partial charge in [0.15, 0.2) is 0 Å². The second-order valence-electron chi connectivity index (χ2n) is 8.20. The molecule has 0 radical (unpaired) electrons. The summed E-state index contributed by atoms with van der Waals surface area (Å²) in [6.07, 6.45) is 0. The fourth-order valence-electron chi connectivity index (χ4n) is 4.67. The number of carbonyl (C=O) groups is 1. The van der Waals surface area contributed by atoms with Crippen LogP contribution in [0.5, 0.6) is 0 Å². The van der Waals surface area contributed by atoms with Crippen molar-refractivity contribution < 1.29 is 4.79 Å². The Balaban J connectivity index is 1.56. The van der Waals surface area contributed by atoms with Crippen LogP contribution < -0.4 is 21.9 Å². The van der Waals surface area contributed by atoms with Gasteiger partial charge in [-0.25, -0.2) is 9.36 Å². The molecule has 166 valence electrons. The zero-order valence-electron chi connectivity index (χ0n) is 18.1. The van der Waals surface area contributed by atoms with E-state index in [0.29, 0.717) is 24.5 Å². The Morgan fingerprint density at radius 3 is 2.24 bits per heavy atom. The highest BCUT2D eigenvalue weighted by Gasteiger charge is 2.28. The maximum atomic E-state index is 13.7. The maximum absolute atomic E-state index is 13.7. The van der Waals surface area contributed by atoms with Crippen LogP contribution in [0, 0.1) is 0 Å². The molecule has 0 unspecified atom stereocenters. The van der Waals surface area contributed by atoms with Crippen LogP contribution in [0.15, 0.2) is 94.5 Å². The minimum absolute atomic E-state index is 0.0852. The third-order valence-electron chi connectivity index (χ3n) is 6.25. The Morgan fingerprint density at radius 1 is 0.794 bits per heavy atom. The maximum Gasteiger partial charge on any atom is 0.337 e. The van der Waals surface area contributed by atoms with Gasteiger partial charge in [0.05, 0.1) is 5.69 Å². The normalized spacial score (nSPS) is 12.5. The summed E-state index contributed by atoms with van der Waals surface area (Å²) in [5, 5.41) is 9.46. The van der Waals surface area contributed by atoms with Gasteiger partial charge < -0.3 is 10.6 Å². The summed E-state index contributed by atoms with van der Waals surface area (Å²) >= 11 is 0. The van der Waals surface area contributed by atoms with Gasteiger partial charge in [0.2, 0.25) is 0 Å². The van der Waals surface area contributed by atoms with Gasteiger partial charge in [-0.3, -0.25) is 14.2 Å². The molecule has 0 saturated heterocycles. The van der Waals surface area contributed by atoms with Crippen LogP contribution in [-0.2, 0) is 6.54 Å². The lowest BCUT2D eigenvalue weighted by Crippen LogP contribution is -2.42. The molecule has 2 N–H and O–H groups in total. The number of hydrogen-bond donors (Lipinski definition) is 2. The van der Waals surface area contributed by atoms with Gasteiger partial charge in [-0.15, -0.1) is 0 Å². The summed E-state index contributed by atoms with van der Waals surface area (Å²) in [4.78, 5) is 40.6. The number of amides is 1. The molecule has 1 aliphatic rings. The fraction of sp³-hybridized carbons (Fsp3) is 0.0741. The number of fused-ring (bicyclic) bond motifs is 3. The van der Waals surface area contributed by atoms with E-state index in [2.05, 4.69) is 10.6 Å². The highest BCUT2D eigenvalue weighted by Crippen LogP contribution is 2.25. The van der Waals surface area contributed by atoms with Crippen molar-refractivity contribution in [2.24, 2.45) is 0 Å². The summed E-state index contributed by atoms with van der Waals surface area (Å²) < 4.78 is 2.57. The molecule has 1 aliphatic heterocycles. The highest BCUT2D eigenvalue weighted by atomic mass is 16.2. The number of rotatable bonds is 3. The van der Waals surface area contributed by atoms with Crippen molar-refractivity contribution in [3.63, 3.8) is 0 Å². The number of aromatic nitrogens is 2. The third-order valence-corrected chi connectivity index (χ3v) is 6.25. The van der Waals surface area contributed by atoms with Crippen LogP contribution in [0.1, 0.15) is 10.4 Å². The van der Waals surface area contributed by atoms with E-state index < -0.39 is 17.2 Å². The van der Waals surface area contributed by atoms with Crippen molar-refractivity contribution in [2.75, 3.05) is 17.2 Å². The second kappa shape index (κ2) is 7.74. The largest absolute Gasteiger partial charge is 0.369 e. The van der Waals surface area contributed by atoms with Crippen LogP contribution in [0.4, 0.5) is 11.5 Å². The molecule has 0 saturated carbocycles. The minimum atomic E-state index is -0.653. The van der Waals surface area contributed by atoms with Crippen molar-refractivity contribution in [1.29, 1.82) is 0 Å². The zero-order chi connectivity index (χ0) is 23.2. The van der Waals surface area contributed by atoms with Crippen LogP contribution in [0.2, 0.25) is 0 Å². The number of hydrogen-bond acceptors (Lipinski definition) is 4. The van der Waals surface area contributed by atoms with Crippen LogP contribution in [-0.4, -0.2) is 21.6 Å². The Bertz CT molecular complexity index is 1720. The number of benzene rings is 4. The number of carbonyl (C=O) groups excluding carboxylic acids is 1. The molecular formula is C27H20N4O3. The van der Waals surface area contributed by atoms with Crippen molar-refractivity contribution in [3.05, 3.63) is 111 Å². The lowest BCUT2D eigenvalue weighted by atomic mass is 10.1. The van der Waals surface area contributed by atoms with Gasteiger partial charge in [-0.1, -0.05) is 72.8 Å². The average Bonchev–Trinajstić information content (AvgIpc) is 3.34. The molecular weight excluding hydrogens is 428 g/mol. The van der Waals surface area contributed by atoms with E-state index in [9.17, 15) is 14.4 Å². The van der Waals surface area contributed by atoms with Crippen molar-refractivity contribution in [3.8, 4) is 5.69 Å². The lowest BCUT2D eigenvalue weighted by Gasteiger charge is -2.15. The lowest BCUT2D eigenvalue weighted by molar-refractivity contribution is 0.102. The summed E-state index contributed by atoms with van der Waals surface area (Å²) in [6.45, 7) is 0.830. The summed E-state index contributed by atoms with van der Waals surface area (Å²) in [5.41, 5.74) is -0.155. The van der Waals surface area contributed by atoms with Gasteiger partial charge in [0, 0.05) is 29.5 Å². The first-order valence-electron chi connectivity index (χ1n) is 11.0. The van der Waals surface area contributed by atoms with E-state index in [1.54, 1.807) is 18.2 Å².